The number of anilines is 1. The quantitative estimate of drug-likeness (QED) is 0.796. The van der Waals surface area contributed by atoms with Crippen LogP contribution in [0.1, 0.15) is 36.0 Å². The van der Waals surface area contributed by atoms with Gasteiger partial charge in [-0.2, -0.15) is 0 Å². The molecule has 114 valence electrons. The zero-order valence-corrected chi connectivity index (χ0v) is 13.2. The van der Waals surface area contributed by atoms with E-state index in [-0.39, 0.29) is 0 Å². The number of carbonyl (C=O) groups excluding carboxylic acids is 1. The predicted octanol–water partition coefficient (Wildman–Crippen LogP) is 3.46. The molecule has 3 nitrogen and oxygen atoms in total. The molecule has 0 aromatic heterocycles. The lowest BCUT2D eigenvalue weighted by Crippen LogP contribution is -2.38. The van der Waals surface area contributed by atoms with Gasteiger partial charge in [0.2, 0.25) is 0 Å². The van der Waals surface area contributed by atoms with E-state index in [0.29, 0.717) is 10.6 Å². The molecule has 0 radical (unpaired) electrons. The fraction of sp³-hybridized carbons (Fsp3) is 0.588. The van der Waals surface area contributed by atoms with Crippen LogP contribution in [0.25, 0.3) is 0 Å². The predicted molar refractivity (Wildman–Crippen MR) is 87.5 cm³/mol. The highest BCUT2D eigenvalue weighted by Gasteiger charge is 2.23. The monoisotopic (exact) mass is 306 g/mol. The van der Waals surface area contributed by atoms with Gasteiger partial charge in [0.05, 0.1) is 10.7 Å². The molecule has 0 aliphatic carbocycles. The second-order valence-corrected chi connectivity index (χ2v) is 6.67. The highest BCUT2D eigenvalue weighted by molar-refractivity contribution is 6.33. The van der Waals surface area contributed by atoms with Crippen molar-refractivity contribution < 1.29 is 4.79 Å². The molecule has 0 bridgehead atoms. The van der Waals surface area contributed by atoms with E-state index in [1.54, 1.807) is 6.07 Å². The van der Waals surface area contributed by atoms with Crippen molar-refractivity contribution in [1.82, 2.24) is 4.90 Å². The zero-order chi connectivity index (χ0) is 14.7. The Morgan fingerprint density at radius 2 is 1.86 bits per heavy atom. The van der Waals surface area contributed by atoms with E-state index in [4.69, 9.17) is 11.6 Å². The number of hydrogen-bond donors (Lipinski definition) is 0. The number of benzene rings is 1. The summed E-state index contributed by atoms with van der Waals surface area (Å²) in [6, 6.07) is 5.59. The molecule has 0 unspecified atom stereocenters. The molecule has 0 atom stereocenters. The standard InChI is InChI=1S/C17H23ClN2O/c18-16-11-15(13-21)3-4-17(16)20-9-5-14(6-10-20)12-19-7-1-2-8-19/h3-4,11,13-14H,1-2,5-10,12H2. The average molecular weight is 307 g/mol. The van der Waals surface area contributed by atoms with Gasteiger partial charge in [-0.1, -0.05) is 11.6 Å². The Labute approximate surface area is 131 Å². The van der Waals surface area contributed by atoms with Gasteiger partial charge >= 0.3 is 0 Å². The molecular formula is C17H23ClN2O. The molecule has 2 fully saturated rings. The first-order valence-corrected chi connectivity index (χ1v) is 8.36. The Balaban J connectivity index is 1.56. The van der Waals surface area contributed by atoms with Gasteiger partial charge in [0.15, 0.2) is 0 Å². The van der Waals surface area contributed by atoms with E-state index in [1.807, 2.05) is 12.1 Å². The van der Waals surface area contributed by atoms with Crippen LogP contribution in [0.15, 0.2) is 18.2 Å². The van der Waals surface area contributed by atoms with Crippen LogP contribution in [0, 0.1) is 5.92 Å². The first-order chi connectivity index (χ1) is 10.3. The maximum Gasteiger partial charge on any atom is 0.150 e. The Kier molecular flexibility index (Phi) is 4.81. The number of hydrogen-bond acceptors (Lipinski definition) is 3. The molecule has 1 aromatic carbocycles. The Morgan fingerprint density at radius 1 is 1.14 bits per heavy atom. The van der Waals surface area contributed by atoms with Crippen molar-refractivity contribution in [1.29, 1.82) is 0 Å². The Morgan fingerprint density at radius 3 is 2.48 bits per heavy atom. The van der Waals surface area contributed by atoms with Gasteiger partial charge in [-0.05, 0) is 62.9 Å². The zero-order valence-electron chi connectivity index (χ0n) is 12.4. The molecule has 0 N–H and O–H groups in total. The van der Waals surface area contributed by atoms with E-state index in [9.17, 15) is 4.79 Å². The maximum atomic E-state index is 10.8. The molecule has 2 aliphatic rings. The number of piperidine rings is 1. The van der Waals surface area contributed by atoms with Crippen LogP contribution in [0.5, 0.6) is 0 Å². The minimum absolute atomic E-state index is 0.646. The summed E-state index contributed by atoms with van der Waals surface area (Å²) >= 11 is 6.31. The molecule has 4 heteroatoms. The largest absolute Gasteiger partial charge is 0.370 e. The average Bonchev–Trinajstić information content (AvgIpc) is 3.01. The summed E-state index contributed by atoms with van der Waals surface area (Å²) in [7, 11) is 0. The smallest absolute Gasteiger partial charge is 0.150 e. The maximum absolute atomic E-state index is 10.8. The van der Waals surface area contributed by atoms with E-state index >= 15 is 0 Å². The molecule has 0 spiro atoms. The van der Waals surface area contributed by atoms with Crippen molar-refractivity contribution in [3.63, 3.8) is 0 Å². The van der Waals surface area contributed by atoms with Crippen LogP contribution >= 0.6 is 11.6 Å². The summed E-state index contributed by atoms with van der Waals surface area (Å²) in [5, 5.41) is 0.692. The van der Waals surface area contributed by atoms with Crippen molar-refractivity contribution in [2.75, 3.05) is 37.6 Å². The van der Waals surface area contributed by atoms with E-state index < -0.39 is 0 Å². The van der Waals surface area contributed by atoms with Gasteiger partial charge in [-0.15, -0.1) is 0 Å². The van der Waals surface area contributed by atoms with Crippen molar-refractivity contribution in [2.45, 2.75) is 25.7 Å². The highest BCUT2D eigenvalue weighted by atomic mass is 35.5. The lowest BCUT2D eigenvalue weighted by Gasteiger charge is -2.35. The van der Waals surface area contributed by atoms with Crippen molar-refractivity contribution in [2.24, 2.45) is 5.92 Å². The summed E-state index contributed by atoms with van der Waals surface area (Å²) in [5.41, 5.74) is 1.72. The van der Waals surface area contributed by atoms with E-state index in [0.717, 1.165) is 31.0 Å². The molecule has 0 saturated carbocycles. The van der Waals surface area contributed by atoms with Crippen molar-refractivity contribution in [3.8, 4) is 0 Å². The van der Waals surface area contributed by atoms with Gasteiger partial charge in [-0.3, -0.25) is 4.79 Å². The molecule has 21 heavy (non-hydrogen) atoms. The van der Waals surface area contributed by atoms with Crippen LogP contribution < -0.4 is 4.90 Å². The van der Waals surface area contributed by atoms with Gasteiger partial charge in [0.1, 0.15) is 6.29 Å². The molecule has 1 aromatic rings. The number of rotatable bonds is 4. The first kappa shape index (κ1) is 14.9. The van der Waals surface area contributed by atoms with Crippen LogP contribution in [-0.4, -0.2) is 43.9 Å². The Bertz CT molecular complexity index is 492. The van der Waals surface area contributed by atoms with Gasteiger partial charge in [-0.25, -0.2) is 0 Å². The summed E-state index contributed by atoms with van der Waals surface area (Å²) < 4.78 is 0. The van der Waals surface area contributed by atoms with Gasteiger partial charge in [0.25, 0.3) is 0 Å². The molecular weight excluding hydrogens is 284 g/mol. The molecule has 2 heterocycles. The fourth-order valence-corrected chi connectivity index (χ4v) is 3.85. The first-order valence-electron chi connectivity index (χ1n) is 7.98. The Hall–Kier alpha value is -1.06. The second-order valence-electron chi connectivity index (χ2n) is 6.27. The van der Waals surface area contributed by atoms with Crippen LogP contribution in [-0.2, 0) is 0 Å². The summed E-state index contributed by atoms with van der Waals surface area (Å²) in [6.45, 7) is 5.99. The number of likely N-dealkylation sites (tertiary alicyclic amines) is 1. The van der Waals surface area contributed by atoms with Crippen LogP contribution in [0.4, 0.5) is 5.69 Å². The topological polar surface area (TPSA) is 23.6 Å². The minimum atomic E-state index is 0.646. The third-order valence-electron chi connectivity index (χ3n) is 4.78. The molecule has 2 aliphatic heterocycles. The van der Waals surface area contributed by atoms with E-state index in [2.05, 4.69) is 9.80 Å². The third-order valence-corrected chi connectivity index (χ3v) is 5.08. The van der Waals surface area contributed by atoms with Crippen molar-refractivity contribution >= 4 is 23.6 Å². The normalized spacial score (nSPS) is 20.9. The van der Waals surface area contributed by atoms with Crippen LogP contribution in [0.2, 0.25) is 5.02 Å². The number of carbonyl (C=O) groups is 1. The summed E-state index contributed by atoms with van der Waals surface area (Å²) in [5.74, 6) is 0.826. The second kappa shape index (κ2) is 6.80. The number of halogens is 1. The summed E-state index contributed by atoms with van der Waals surface area (Å²) in [4.78, 5) is 15.8. The summed E-state index contributed by atoms with van der Waals surface area (Å²) in [6.07, 6.45) is 6.07. The van der Waals surface area contributed by atoms with Crippen molar-refractivity contribution in [3.05, 3.63) is 28.8 Å². The van der Waals surface area contributed by atoms with E-state index in [1.165, 1.54) is 45.3 Å². The molecule has 2 saturated heterocycles. The highest BCUT2D eigenvalue weighted by Crippen LogP contribution is 2.30. The number of aldehydes is 1. The lowest BCUT2D eigenvalue weighted by atomic mass is 9.96. The van der Waals surface area contributed by atoms with Gasteiger partial charge in [0, 0.05) is 25.2 Å². The van der Waals surface area contributed by atoms with Crippen LogP contribution in [0.3, 0.4) is 0 Å². The number of nitrogens with zero attached hydrogens (tertiary/aromatic N) is 2. The lowest BCUT2D eigenvalue weighted by molar-refractivity contribution is 0.112. The minimum Gasteiger partial charge on any atom is -0.370 e. The van der Waals surface area contributed by atoms with Gasteiger partial charge < -0.3 is 9.80 Å². The fourth-order valence-electron chi connectivity index (χ4n) is 3.54. The molecule has 0 amide bonds. The SMILES string of the molecule is O=Cc1ccc(N2CCC(CN3CCCC3)CC2)c(Cl)c1. The molecule has 3 rings (SSSR count). The third kappa shape index (κ3) is 3.58.